The van der Waals surface area contributed by atoms with E-state index in [-0.39, 0.29) is 11.1 Å². The van der Waals surface area contributed by atoms with Crippen LogP contribution in [0.5, 0.6) is 0 Å². The van der Waals surface area contributed by atoms with Crippen molar-refractivity contribution >= 4 is 10.9 Å². The second-order valence-corrected chi connectivity index (χ2v) is 5.92. The van der Waals surface area contributed by atoms with Gasteiger partial charge in [0.05, 0.1) is 10.9 Å². The number of fused-ring (bicyclic) bond motifs is 1. The normalized spacial score (nSPS) is 18.5. The van der Waals surface area contributed by atoms with E-state index in [4.69, 9.17) is 0 Å². The summed E-state index contributed by atoms with van der Waals surface area (Å²) in [5, 5.41) is 3.55. The Morgan fingerprint density at radius 1 is 1.33 bits per heavy atom. The fourth-order valence-corrected chi connectivity index (χ4v) is 3.23. The molecule has 5 heteroatoms. The van der Waals surface area contributed by atoms with Crippen LogP contribution in [0.4, 0.5) is 0 Å². The monoisotopic (exact) mass is 287 g/mol. The van der Waals surface area contributed by atoms with E-state index in [2.05, 4.69) is 17.3 Å². The van der Waals surface area contributed by atoms with Gasteiger partial charge in [-0.3, -0.25) is 19.4 Å². The van der Waals surface area contributed by atoms with E-state index in [1.54, 1.807) is 11.6 Å². The van der Waals surface area contributed by atoms with Gasteiger partial charge >= 0.3 is 0 Å². The summed E-state index contributed by atoms with van der Waals surface area (Å²) in [4.78, 5) is 24.4. The van der Waals surface area contributed by atoms with Crippen molar-refractivity contribution in [2.24, 2.45) is 13.0 Å². The molecule has 0 amide bonds. The van der Waals surface area contributed by atoms with Crippen LogP contribution in [0.3, 0.4) is 0 Å². The molecule has 0 bridgehead atoms. The minimum Gasteiger partial charge on any atom is -0.312 e. The molecule has 3 rings (SSSR count). The topological polar surface area (TPSA) is 59.8 Å². The summed E-state index contributed by atoms with van der Waals surface area (Å²) in [6, 6.07) is 1.53. The molecule has 5 nitrogen and oxygen atoms in total. The van der Waals surface area contributed by atoms with E-state index in [0.29, 0.717) is 23.4 Å². The van der Waals surface area contributed by atoms with E-state index in [0.717, 1.165) is 25.0 Å². The zero-order valence-electron chi connectivity index (χ0n) is 12.6. The SMILES string of the molecule is Cc1c2c(=O)n(C)[nH]c2cc(=O)n1CCC1CC=CCC1. The largest absolute Gasteiger partial charge is 0.312 e. The van der Waals surface area contributed by atoms with Gasteiger partial charge in [0.1, 0.15) is 0 Å². The summed E-state index contributed by atoms with van der Waals surface area (Å²) in [6.07, 6.45) is 8.87. The van der Waals surface area contributed by atoms with Crippen molar-refractivity contribution in [3.05, 3.63) is 44.6 Å². The van der Waals surface area contributed by atoms with Crippen molar-refractivity contribution in [1.29, 1.82) is 0 Å². The van der Waals surface area contributed by atoms with E-state index in [9.17, 15) is 9.59 Å². The quantitative estimate of drug-likeness (QED) is 0.879. The van der Waals surface area contributed by atoms with Crippen LogP contribution in [0.1, 0.15) is 31.4 Å². The number of aryl methyl sites for hydroxylation is 2. The van der Waals surface area contributed by atoms with Crippen LogP contribution in [-0.2, 0) is 13.6 Å². The maximum absolute atomic E-state index is 12.3. The van der Waals surface area contributed by atoms with Gasteiger partial charge in [0.15, 0.2) is 0 Å². The number of hydrogen-bond acceptors (Lipinski definition) is 2. The van der Waals surface area contributed by atoms with Gasteiger partial charge in [0.2, 0.25) is 0 Å². The number of hydrogen-bond donors (Lipinski definition) is 1. The predicted molar refractivity (Wildman–Crippen MR) is 83.6 cm³/mol. The Morgan fingerprint density at radius 3 is 2.86 bits per heavy atom. The molecule has 1 unspecified atom stereocenters. The van der Waals surface area contributed by atoms with Gasteiger partial charge in [-0.15, -0.1) is 0 Å². The molecule has 2 heterocycles. The van der Waals surface area contributed by atoms with Crippen LogP contribution in [0, 0.1) is 12.8 Å². The Bertz CT molecular complexity index is 807. The molecule has 0 saturated carbocycles. The molecule has 1 atom stereocenters. The first kappa shape index (κ1) is 13.9. The molecule has 21 heavy (non-hydrogen) atoms. The maximum Gasteiger partial charge on any atom is 0.275 e. The molecule has 0 aromatic carbocycles. The number of nitrogens with one attached hydrogen (secondary N) is 1. The zero-order valence-corrected chi connectivity index (χ0v) is 12.6. The number of rotatable bonds is 3. The standard InChI is InChI=1S/C16H21N3O2/c1-11-15-13(17-18(2)16(15)21)10-14(20)19(11)9-8-12-6-4-3-5-7-12/h3-4,10,12,17H,5-9H2,1-2H3. The second-order valence-electron chi connectivity index (χ2n) is 5.92. The maximum atomic E-state index is 12.3. The lowest BCUT2D eigenvalue weighted by molar-refractivity contribution is 0.409. The minimum atomic E-state index is -0.0724. The van der Waals surface area contributed by atoms with Crippen molar-refractivity contribution < 1.29 is 0 Å². The number of aromatic nitrogens is 3. The molecule has 0 fully saturated rings. The first-order valence-electron chi connectivity index (χ1n) is 7.52. The van der Waals surface area contributed by atoms with Gasteiger partial charge in [0.25, 0.3) is 11.1 Å². The van der Waals surface area contributed by atoms with E-state index < -0.39 is 0 Å². The number of pyridine rings is 1. The van der Waals surface area contributed by atoms with Crippen molar-refractivity contribution in [1.82, 2.24) is 14.3 Å². The van der Waals surface area contributed by atoms with E-state index in [1.165, 1.54) is 17.2 Å². The van der Waals surface area contributed by atoms with E-state index >= 15 is 0 Å². The molecular weight excluding hydrogens is 266 g/mol. The highest BCUT2D eigenvalue weighted by Crippen LogP contribution is 2.22. The highest BCUT2D eigenvalue weighted by atomic mass is 16.1. The summed E-state index contributed by atoms with van der Waals surface area (Å²) >= 11 is 0. The molecule has 0 saturated heterocycles. The summed E-state index contributed by atoms with van der Waals surface area (Å²) in [5.41, 5.74) is 1.29. The first-order chi connectivity index (χ1) is 10.1. The summed E-state index contributed by atoms with van der Waals surface area (Å²) in [6.45, 7) is 2.55. The second kappa shape index (κ2) is 5.39. The van der Waals surface area contributed by atoms with Crippen molar-refractivity contribution in [2.45, 2.75) is 39.2 Å². The average Bonchev–Trinajstić information content (AvgIpc) is 2.74. The summed E-state index contributed by atoms with van der Waals surface area (Å²) in [5.74, 6) is 0.644. The molecule has 0 spiro atoms. The molecule has 1 N–H and O–H groups in total. The fraction of sp³-hybridized carbons (Fsp3) is 0.500. The van der Waals surface area contributed by atoms with Crippen LogP contribution in [0.15, 0.2) is 27.8 Å². The molecule has 0 aliphatic heterocycles. The minimum absolute atomic E-state index is 0.0341. The van der Waals surface area contributed by atoms with Gasteiger partial charge in [-0.1, -0.05) is 12.2 Å². The van der Waals surface area contributed by atoms with Crippen LogP contribution < -0.4 is 11.1 Å². The van der Waals surface area contributed by atoms with Crippen LogP contribution >= 0.6 is 0 Å². The van der Waals surface area contributed by atoms with Gasteiger partial charge in [0, 0.05) is 25.4 Å². The van der Waals surface area contributed by atoms with Crippen molar-refractivity contribution in [2.75, 3.05) is 0 Å². The Morgan fingerprint density at radius 2 is 2.14 bits per heavy atom. The Kier molecular flexibility index (Phi) is 3.57. The summed E-state index contributed by atoms with van der Waals surface area (Å²) < 4.78 is 3.17. The number of H-pyrrole nitrogens is 1. The first-order valence-corrected chi connectivity index (χ1v) is 7.52. The molecule has 2 aromatic heterocycles. The zero-order chi connectivity index (χ0) is 15.0. The van der Waals surface area contributed by atoms with Crippen LogP contribution in [0.25, 0.3) is 10.9 Å². The van der Waals surface area contributed by atoms with Gasteiger partial charge in [-0.2, -0.15) is 0 Å². The molecule has 2 aromatic rings. The van der Waals surface area contributed by atoms with Crippen molar-refractivity contribution in [3.8, 4) is 0 Å². The highest BCUT2D eigenvalue weighted by Gasteiger charge is 2.15. The number of nitrogens with zero attached hydrogens (tertiary/aromatic N) is 2. The molecular formula is C16H21N3O2. The lowest BCUT2D eigenvalue weighted by atomic mass is 9.91. The average molecular weight is 287 g/mol. The lowest BCUT2D eigenvalue weighted by Crippen LogP contribution is -2.24. The molecule has 1 aliphatic rings. The molecule has 1 aliphatic carbocycles. The highest BCUT2D eigenvalue weighted by molar-refractivity contribution is 5.79. The fourth-order valence-electron chi connectivity index (χ4n) is 3.23. The predicted octanol–water partition coefficient (Wildman–Crippen LogP) is 2.08. The third-order valence-corrected chi connectivity index (χ3v) is 4.52. The summed E-state index contributed by atoms with van der Waals surface area (Å²) in [7, 11) is 1.67. The number of allylic oxidation sites excluding steroid dienone is 2. The molecule has 0 radical (unpaired) electrons. The van der Waals surface area contributed by atoms with Gasteiger partial charge in [-0.05, 0) is 38.5 Å². The molecule has 112 valence electrons. The van der Waals surface area contributed by atoms with Crippen molar-refractivity contribution in [3.63, 3.8) is 0 Å². The third-order valence-electron chi connectivity index (χ3n) is 4.52. The lowest BCUT2D eigenvalue weighted by Gasteiger charge is -2.19. The Balaban J connectivity index is 1.94. The third kappa shape index (κ3) is 2.48. The van der Waals surface area contributed by atoms with Gasteiger partial charge in [-0.25, -0.2) is 0 Å². The van der Waals surface area contributed by atoms with Gasteiger partial charge < -0.3 is 4.57 Å². The Labute approximate surface area is 122 Å². The number of aromatic amines is 1. The smallest absolute Gasteiger partial charge is 0.275 e. The van der Waals surface area contributed by atoms with E-state index in [1.807, 2.05) is 6.92 Å². The Hall–Kier alpha value is -2.04. The van der Waals surface area contributed by atoms with Crippen LogP contribution in [0.2, 0.25) is 0 Å². The van der Waals surface area contributed by atoms with Crippen LogP contribution in [-0.4, -0.2) is 14.3 Å².